The lowest BCUT2D eigenvalue weighted by Gasteiger charge is -2.34. The van der Waals surface area contributed by atoms with Crippen molar-refractivity contribution in [2.75, 3.05) is 20.7 Å². The van der Waals surface area contributed by atoms with E-state index < -0.39 is 6.09 Å². The number of nitriles is 1. The molecule has 4 N–H and O–H groups in total. The zero-order valence-electron chi connectivity index (χ0n) is 18.3. The third-order valence-electron chi connectivity index (χ3n) is 6.07. The van der Waals surface area contributed by atoms with Gasteiger partial charge in [0.2, 0.25) is 0 Å². The van der Waals surface area contributed by atoms with Crippen LogP contribution in [-0.4, -0.2) is 53.8 Å². The maximum Gasteiger partial charge on any atom is 0.410 e. The highest BCUT2D eigenvalue weighted by atomic mass is 16.6. The van der Waals surface area contributed by atoms with Gasteiger partial charge in [0.15, 0.2) is 11.4 Å². The Bertz CT molecular complexity index is 853. The van der Waals surface area contributed by atoms with Crippen molar-refractivity contribution in [1.82, 2.24) is 14.9 Å². The van der Waals surface area contributed by atoms with Crippen molar-refractivity contribution in [3.8, 4) is 11.8 Å². The van der Waals surface area contributed by atoms with Crippen LogP contribution in [0.4, 0.5) is 4.79 Å². The average molecular weight is 429 g/mol. The van der Waals surface area contributed by atoms with Crippen LogP contribution in [-0.2, 0) is 4.74 Å². The van der Waals surface area contributed by atoms with Crippen molar-refractivity contribution in [3.63, 3.8) is 0 Å². The molecule has 0 aromatic carbocycles. The van der Waals surface area contributed by atoms with Gasteiger partial charge in [-0.25, -0.2) is 15.6 Å². The first-order valence-corrected chi connectivity index (χ1v) is 10.9. The number of hydrogen-bond acceptors (Lipinski definition) is 8. The Labute approximate surface area is 183 Å². The summed E-state index contributed by atoms with van der Waals surface area (Å²) < 4.78 is 11.4. The lowest BCUT2D eigenvalue weighted by atomic mass is 9.92. The smallest absolute Gasteiger partial charge is 0.410 e. The molecule has 0 aliphatic heterocycles. The summed E-state index contributed by atoms with van der Waals surface area (Å²) in [4.78, 5) is 18.3. The predicted octanol–water partition coefficient (Wildman–Crippen LogP) is 2.72. The number of nitrogens with two attached hydrogens (primary N) is 2. The fourth-order valence-electron chi connectivity index (χ4n) is 3.81. The molecule has 9 heteroatoms. The number of carbonyl (C=O) groups is 1. The number of likely N-dealkylation sites (N-methyl/N-ethyl adjacent to an activating group) is 1. The molecule has 2 aliphatic carbocycles. The Morgan fingerprint density at radius 3 is 2.48 bits per heavy atom. The number of pyridine rings is 1. The van der Waals surface area contributed by atoms with Gasteiger partial charge in [0.05, 0.1) is 23.2 Å². The predicted molar refractivity (Wildman–Crippen MR) is 116 cm³/mol. The van der Waals surface area contributed by atoms with Gasteiger partial charge in [0, 0.05) is 20.1 Å². The van der Waals surface area contributed by atoms with Gasteiger partial charge in [-0.15, -0.1) is 0 Å². The molecule has 0 saturated heterocycles. The fraction of sp³-hybridized carbons (Fsp3) is 0.591. The summed E-state index contributed by atoms with van der Waals surface area (Å²) >= 11 is 0. The van der Waals surface area contributed by atoms with E-state index in [1.807, 2.05) is 0 Å². The second-order valence-corrected chi connectivity index (χ2v) is 8.25. The molecule has 2 aliphatic rings. The summed E-state index contributed by atoms with van der Waals surface area (Å²) in [7, 11) is 3.34. The van der Waals surface area contributed by atoms with E-state index in [0.29, 0.717) is 17.1 Å². The molecule has 168 valence electrons. The molecule has 0 radical (unpaired) electrons. The molecule has 31 heavy (non-hydrogen) atoms. The SMILES string of the molecule is CN(N)/C(COC(=O)N(C)C1CCC1)=C(\N)c1ccc(OC2CCCCC2)c(C#N)n1. The minimum absolute atomic E-state index is 0.0986. The van der Waals surface area contributed by atoms with Crippen molar-refractivity contribution < 1.29 is 14.3 Å². The van der Waals surface area contributed by atoms with E-state index >= 15 is 0 Å². The minimum atomic E-state index is -0.418. The van der Waals surface area contributed by atoms with Crippen molar-refractivity contribution in [2.24, 2.45) is 11.6 Å². The van der Waals surface area contributed by atoms with Crippen LogP contribution < -0.4 is 16.3 Å². The largest absolute Gasteiger partial charge is 0.487 e. The molecule has 0 spiro atoms. The molecule has 1 amide bonds. The molecule has 0 bridgehead atoms. The second-order valence-electron chi connectivity index (χ2n) is 8.25. The van der Waals surface area contributed by atoms with Crippen LogP contribution in [0, 0.1) is 11.3 Å². The molecule has 0 unspecified atom stereocenters. The topological polar surface area (TPSA) is 131 Å². The molecule has 1 aromatic heterocycles. The quantitative estimate of drug-likeness (QED) is 0.501. The van der Waals surface area contributed by atoms with Gasteiger partial charge in [-0.05, 0) is 57.1 Å². The highest BCUT2D eigenvalue weighted by Gasteiger charge is 2.27. The molecule has 1 aromatic rings. The number of ether oxygens (including phenoxy) is 2. The van der Waals surface area contributed by atoms with Gasteiger partial charge >= 0.3 is 6.09 Å². The van der Waals surface area contributed by atoms with Gasteiger partial charge in [-0.2, -0.15) is 5.26 Å². The number of hydrazine groups is 1. The first-order valence-electron chi connectivity index (χ1n) is 10.9. The Kier molecular flexibility index (Phi) is 7.58. The molecule has 9 nitrogen and oxygen atoms in total. The molecule has 2 fully saturated rings. The zero-order valence-corrected chi connectivity index (χ0v) is 18.3. The summed E-state index contributed by atoms with van der Waals surface area (Å²) in [5.41, 5.74) is 7.49. The van der Waals surface area contributed by atoms with Crippen LogP contribution in [0.3, 0.4) is 0 Å². The van der Waals surface area contributed by atoms with Crippen LogP contribution in [0.5, 0.6) is 5.75 Å². The van der Waals surface area contributed by atoms with Crippen molar-refractivity contribution >= 4 is 11.8 Å². The van der Waals surface area contributed by atoms with E-state index in [2.05, 4.69) is 11.1 Å². The van der Waals surface area contributed by atoms with E-state index in [4.69, 9.17) is 21.1 Å². The summed E-state index contributed by atoms with van der Waals surface area (Å²) in [5.74, 6) is 6.39. The van der Waals surface area contributed by atoms with Crippen LogP contribution in [0.15, 0.2) is 17.8 Å². The molecule has 2 saturated carbocycles. The number of carbonyl (C=O) groups excluding carboxylic acids is 1. The Balaban J connectivity index is 1.73. The average Bonchev–Trinajstić information content (AvgIpc) is 2.73. The summed E-state index contributed by atoms with van der Waals surface area (Å²) in [5, 5.41) is 10.9. The molecule has 0 atom stereocenters. The third kappa shape index (κ3) is 5.58. The molecular weight excluding hydrogens is 396 g/mol. The van der Waals surface area contributed by atoms with Gasteiger partial charge < -0.3 is 25.1 Å². The maximum absolute atomic E-state index is 12.3. The standard InChI is InChI=1S/C22H32N6O3/c1-27(15-7-6-8-15)22(29)30-14-19(28(2)25)21(24)17-11-12-20(18(13-23)26-17)31-16-9-4-3-5-10-16/h11-12,15-16H,3-10,14,24-25H2,1-2H3/b21-19-. The van der Waals surface area contributed by atoms with Crippen LogP contribution in [0.1, 0.15) is 62.8 Å². The van der Waals surface area contributed by atoms with E-state index in [-0.39, 0.29) is 30.1 Å². The first kappa shape index (κ1) is 22.7. The second kappa shape index (κ2) is 10.4. The summed E-state index contributed by atoms with van der Waals surface area (Å²) in [6.07, 6.45) is 8.25. The van der Waals surface area contributed by atoms with Crippen molar-refractivity contribution in [3.05, 3.63) is 29.2 Å². The van der Waals surface area contributed by atoms with Gasteiger partial charge in [-0.3, -0.25) is 0 Å². The van der Waals surface area contributed by atoms with Gasteiger partial charge in [0.1, 0.15) is 12.7 Å². The van der Waals surface area contributed by atoms with E-state index in [9.17, 15) is 10.1 Å². The number of rotatable bonds is 7. The highest BCUT2D eigenvalue weighted by molar-refractivity contribution is 5.69. The van der Waals surface area contributed by atoms with Crippen LogP contribution in [0.2, 0.25) is 0 Å². The lowest BCUT2D eigenvalue weighted by molar-refractivity contribution is 0.0821. The van der Waals surface area contributed by atoms with Crippen molar-refractivity contribution in [2.45, 2.75) is 63.5 Å². The minimum Gasteiger partial charge on any atom is -0.487 e. The van der Waals surface area contributed by atoms with Crippen LogP contribution >= 0.6 is 0 Å². The Morgan fingerprint density at radius 2 is 1.90 bits per heavy atom. The number of hydrogen-bond donors (Lipinski definition) is 2. The zero-order chi connectivity index (χ0) is 22.4. The lowest BCUT2D eigenvalue weighted by Crippen LogP contribution is -2.42. The fourth-order valence-corrected chi connectivity index (χ4v) is 3.81. The first-order chi connectivity index (χ1) is 14.9. The normalized spacial score (nSPS) is 17.7. The van der Waals surface area contributed by atoms with E-state index in [0.717, 1.165) is 44.9 Å². The van der Waals surface area contributed by atoms with Gasteiger partial charge in [0.25, 0.3) is 0 Å². The molecule has 3 rings (SSSR count). The number of amides is 1. The summed E-state index contributed by atoms with van der Waals surface area (Å²) in [6.45, 7) is -0.0986. The Hall–Kier alpha value is -2.99. The number of aromatic nitrogens is 1. The Morgan fingerprint density at radius 1 is 1.19 bits per heavy atom. The van der Waals surface area contributed by atoms with E-state index in [1.165, 1.54) is 11.4 Å². The monoisotopic (exact) mass is 428 g/mol. The van der Waals surface area contributed by atoms with Gasteiger partial charge in [-0.1, -0.05) is 6.42 Å². The number of nitrogens with zero attached hydrogens (tertiary/aromatic N) is 4. The molecule has 1 heterocycles. The van der Waals surface area contributed by atoms with Crippen molar-refractivity contribution in [1.29, 1.82) is 5.26 Å². The molecular formula is C22H32N6O3. The third-order valence-corrected chi connectivity index (χ3v) is 6.07. The van der Waals surface area contributed by atoms with E-state index in [1.54, 1.807) is 31.1 Å². The van der Waals surface area contributed by atoms with Crippen LogP contribution in [0.25, 0.3) is 5.70 Å². The highest BCUT2D eigenvalue weighted by Crippen LogP contribution is 2.27. The maximum atomic E-state index is 12.3. The summed E-state index contributed by atoms with van der Waals surface area (Å²) in [6, 6.07) is 5.72.